The summed E-state index contributed by atoms with van der Waals surface area (Å²) in [6.07, 6.45) is 3.56. The van der Waals surface area contributed by atoms with Gasteiger partial charge in [0.15, 0.2) is 6.04 Å². The topological polar surface area (TPSA) is 80.2 Å². The quantitative estimate of drug-likeness (QED) is 0.634. The van der Waals surface area contributed by atoms with Crippen LogP contribution in [0.2, 0.25) is 0 Å². The van der Waals surface area contributed by atoms with Gasteiger partial charge in [0.05, 0.1) is 31.1 Å². The summed E-state index contributed by atoms with van der Waals surface area (Å²) in [5.74, 6) is 0.759. The third-order valence-corrected chi connectivity index (χ3v) is 3.80. The highest BCUT2D eigenvalue weighted by molar-refractivity contribution is 5.87. The lowest BCUT2D eigenvalue weighted by molar-refractivity contribution is -0.657. The molecular weight excluding hydrogens is 280 g/mol. The molecule has 0 aliphatic carbocycles. The lowest BCUT2D eigenvalue weighted by Gasteiger charge is -2.04. The summed E-state index contributed by atoms with van der Waals surface area (Å²) >= 11 is 0. The third-order valence-electron chi connectivity index (χ3n) is 3.80. The van der Waals surface area contributed by atoms with Crippen LogP contribution in [-0.4, -0.2) is 36.8 Å². The first-order chi connectivity index (χ1) is 10.8. The standard InChI is InChI=1S/C16H18N4O2/c1-22-13-6-7-14-11(9-13)4-5-12(19-14)10-18-20-16(21)15-3-2-8-17-15/h4-7,9-10,15,17H,2-3,8H2,1H3,(H,20,21)/p+1. The second-order valence-corrected chi connectivity index (χ2v) is 5.30. The van der Waals surface area contributed by atoms with Crippen LogP contribution in [0, 0.1) is 0 Å². The molecule has 2 aromatic rings. The van der Waals surface area contributed by atoms with Crippen LogP contribution >= 0.6 is 0 Å². The Morgan fingerprint density at radius 3 is 3.14 bits per heavy atom. The van der Waals surface area contributed by atoms with Crippen LogP contribution in [0.5, 0.6) is 5.75 Å². The molecule has 1 fully saturated rings. The van der Waals surface area contributed by atoms with Crippen LogP contribution < -0.4 is 15.5 Å². The summed E-state index contributed by atoms with van der Waals surface area (Å²) in [5.41, 5.74) is 4.14. The molecule has 114 valence electrons. The average Bonchev–Trinajstić information content (AvgIpc) is 3.08. The Hall–Kier alpha value is -2.47. The molecule has 3 N–H and O–H groups in total. The van der Waals surface area contributed by atoms with Gasteiger partial charge in [-0.1, -0.05) is 6.07 Å². The number of nitrogens with zero attached hydrogens (tertiary/aromatic N) is 2. The van der Waals surface area contributed by atoms with E-state index in [1.807, 2.05) is 35.6 Å². The summed E-state index contributed by atoms with van der Waals surface area (Å²) in [7, 11) is 1.64. The van der Waals surface area contributed by atoms with Crippen LogP contribution in [-0.2, 0) is 4.79 Å². The molecule has 1 saturated heterocycles. The first kappa shape index (κ1) is 14.5. The first-order valence-electron chi connectivity index (χ1n) is 7.37. The van der Waals surface area contributed by atoms with Crippen molar-refractivity contribution in [3.05, 3.63) is 36.0 Å². The van der Waals surface area contributed by atoms with E-state index in [2.05, 4.69) is 15.5 Å². The van der Waals surface area contributed by atoms with Gasteiger partial charge in [-0.15, -0.1) is 0 Å². The summed E-state index contributed by atoms with van der Waals surface area (Å²) in [6.45, 7) is 1.01. The summed E-state index contributed by atoms with van der Waals surface area (Å²) in [4.78, 5) is 16.3. The van der Waals surface area contributed by atoms with Gasteiger partial charge in [-0.25, -0.2) is 10.4 Å². The maximum atomic E-state index is 11.8. The van der Waals surface area contributed by atoms with Crippen LogP contribution in [0.3, 0.4) is 0 Å². The van der Waals surface area contributed by atoms with E-state index in [1.54, 1.807) is 13.3 Å². The molecule has 1 amide bonds. The molecular formula is C16H19N4O2+. The third kappa shape index (κ3) is 3.23. The molecule has 1 aliphatic rings. The molecule has 22 heavy (non-hydrogen) atoms. The molecule has 3 rings (SSSR count). The Balaban J connectivity index is 1.68. The summed E-state index contributed by atoms with van der Waals surface area (Å²) in [6, 6.07) is 9.51. The number of hydrogen-bond acceptors (Lipinski definition) is 4. The van der Waals surface area contributed by atoms with Crippen molar-refractivity contribution in [2.24, 2.45) is 5.10 Å². The van der Waals surface area contributed by atoms with Crippen molar-refractivity contribution in [1.82, 2.24) is 10.4 Å². The molecule has 1 aromatic carbocycles. The van der Waals surface area contributed by atoms with Gasteiger partial charge in [-0.3, -0.25) is 4.79 Å². The fourth-order valence-corrected chi connectivity index (χ4v) is 2.58. The average molecular weight is 299 g/mol. The molecule has 6 heteroatoms. The highest BCUT2D eigenvalue weighted by atomic mass is 16.5. The number of quaternary nitrogens is 1. The van der Waals surface area contributed by atoms with Gasteiger partial charge in [0.2, 0.25) is 0 Å². The van der Waals surface area contributed by atoms with E-state index in [0.717, 1.165) is 36.0 Å². The number of hydrogen-bond donors (Lipinski definition) is 2. The lowest BCUT2D eigenvalue weighted by Crippen LogP contribution is -2.89. The van der Waals surface area contributed by atoms with Crippen molar-refractivity contribution >= 4 is 23.0 Å². The highest BCUT2D eigenvalue weighted by Crippen LogP contribution is 2.19. The first-order valence-corrected chi connectivity index (χ1v) is 7.37. The Morgan fingerprint density at radius 1 is 1.45 bits per heavy atom. The SMILES string of the molecule is COc1ccc2nc(C=NNC(=O)C3CCC[NH2+]3)ccc2c1. The number of carbonyl (C=O) groups excluding carboxylic acids is 1. The predicted molar refractivity (Wildman–Crippen MR) is 83.8 cm³/mol. The molecule has 1 aromatic heterocycles. The number of amides is 1. The number of benzene rings is 1. The van der Waals surface area contributed by atoms with E-state index < -0.39 is 0 Å². The number of carbonyl (C=O) groups is 1. The molecule has 6 nitrogen and oxygen atoms in total. The Kier molecular flexibility index (Phi) is 4.29. The van der Waals surface area contributed by atoms with Crippen molar-refractivity contribution in [3.8, 4) is 5.75 Å². The zero-order valence-corrected chi connectivity index (χ0v) is 12.5. The van der Waals surface area contributed by atoms with Crippen LogP contribution in [0.4, 0.5) is 0 Å². The van der Waals surface area contributed by atoms with Gasteiger partial charge >= 0.3 is 0 Å². The maximum absolute atomic E-state index is 11.8. The number of hydrazone groups is 1. The van der Waals surface area contributed by atoms with Crippen molar-refractivity contribution in [1.29, 1.82) is 0 Å². The van der Waals surface area contributed by atoms with E-state index in [4.69, 9.17) is 4.74 Å². The zero-order chi connectivity index (χ0) is 15.4. The van der Waals surface area contributed by atoms with Crippen molar-refractivity contribution in [2.45, 2.75) is 18.9 Å². The minimum absolute atomic E-state index is 0.00539. The van der Waals surface area contributed by atoms with E-state index in [1.165, 1.54) is 0 Å². The van der Waals surface area contributed by atoms with Gasteiger partial charge in [-0.2, -0.15) is 5.10 Å². The van der Waals surface area contributed by atoms with E-state index in [-0.39, 0.29) is 11.9 Å². The molecule has 0 bridgehead atoms. The minimum Gasteiger partial charge on any atom is -0.497 e. The predicted octanol–water partition coefficient (Wildman–Crippen LogP) is 0.419. The van der Waals surface area contributed by atoms with Crippen molar-refractivity contribution in [2.75, 3.05) is 13.7 Å². The molecule has 1 atom stereocenters. The smallest absolute Gasteiger partial charge is 0.298 e. The fraction of sp³-hybridized carbons (Fsp3) is 0.312. The number of fused-ring (bicyclic) bond motifs is 1. The van der Waals surface area contributed by atoms with Crippen LogP contribution in [0.1, 0.15) is 18.5 Å². The molecule has 1 aliphatic heterocycles. The largest absolute Gasteiger partial charge is 0.497 e. The number of methoxy groups -OCH3 is 1. The highest BCUT2D eigenvalue weighted by Gasteiger charge is 2.25. The Morgan fingerprint density at radius 2 is 2.36 bits per heavy atom. The number of pyridine rings is 1. The Bertz CT molecular complexity index is 708. The van der Waals surface area contributed by atoms with Gasteiger partial charge in [0.25, 0.3) is 5.91 Å². The number of nitrogens with one attached hydrogen (secondary N) is 1. The fourth-order valence-electron chi connectivity index (χ4n) is 2.58. The molecule has 0 spiro atoms. The molecule has 1 unspecified atom stereocenters. The number of ether oxygens (including phenoxy) is 1. The molecule has 0 saturated carbocycles. The normalized spacial score (nSPS) is 18.0. The number of nitrogens with two attached hydrogens (primary N) is 1. The zero-order valence-electron chi connectivity index (χ0n) is 12.5. The minimum atomic E-state index is -0.0423. The summed E-state index contributed by atoms with van der Waals surface area (Å²) in [5, 5.41) is 7.04. The van der Waals surface area contributed by atoms with Crippen molar-refractivity contribution < 1.29 is 14.8 Å². The molecule has 2 heterocycles. The number of rotatable bonds is 4. The lowest BCUT2D eigenvalue weighted by atomic mass is 10.2. The van der Waals surface area contributed by atoms with Crippen LogP contribution in [0.25, 0.3) is 10.9 Å². The second kappa shape index (κ2) is 6.53. The van der Waals surface area contributed by atoms with Gasteiger partial charge in [0, 0.05) is 18.2 Å². The second-order valence-electron chi connectivity index (χ2n) is 5.30. The molecule has 0 radical (unpaired) electrons. The Labute approximate surface area is 128 Å². The number of aromatic nitrogens is 1. The maximum Gasteiger partial charge on any atom is 0.298 e. The van der Waals surface area contributed by atoms with Gasteiger partial charge in [-0.05, 0) is 24.3 Å². The van der Waals surface area contributed by atoms with Gasteiger partial charge in [0.1, 0.15) is 5.75 Å². The van der Waals surface area contributed by atoms with Gasteiger partial charge < -0.3 is 10.1 Å². The van der Waals surface area contributed by atoms with E-state index >= 15 is 0 Å². The van der Waals surface area contributed by atoms with E-state index in [9.17, 15) is 4.79 Å². The van der Waals surface area contributed by atoms with Crippen LogP contribution in [0.15, 0.2) is 35.4 Å². The monoisotopic (exact) mass is 299 g/mol. The van der Waals surface area contributed by atoms with Crippen molar-refractivity contribution in [3.63, 3.8) is 0 Å². The summed E-state index contributed by atoms with van der Waals surface area (Å²) < 4.78 is 5.19. The van der Waals surface area contributed by atoms with E-state index in [0.29, 0.717) is 5.69 Å².